The topological polar surface area (TPSA) is 67.0 Å². The Hall–Kier alpha value is -3.26. The van der Waals surface area contributed by atoms with Gasteiger partial charge in [0, 0.05) is 30.1 Å². The lowest BCUT2D eigenvalue weighted by atomic mass is 10.0. The van der Waals surface area contributed by atoms with E-state index in [0.717, 1.165) is 40.8 Å². The van der Waals surface area contributed by atoms with Crippen LogP contribution < -0.4 is 10.1 Å². The Morgan fingerprint density at radius 1 is 1.18 bits per heavy atom. The number of hydrogen-bond acceptors (Lipinski definition) is 3. The van der Waals surface area contributed by atoms with Crippen molar-refractivity contribution in [3.8, 4) is 23.1 Å². The van der Waals surface area contributed by atoms with Crippen molar-refractivity contribution in [3.05, 3.63) is 53.6 Å². The monoisotopic (exact) mass is 375 g/mol. The van der Waals surface area contributed by atoms with Crippen LogP contribution in [0.25, 0.3) is 22.2 Å². The van der Waals surface area contributed by atoms with Gasteiger partial charge < -0.3 is 14.6 Å². The summed E-state index contributed by atoms with van der Waals surface area (Å²) in [6.07, 6.45) is 2.13. The molecule has 1 fully saturated rings. The normalized spacial score (nSPS) is 12.7. The van der Waals surface area contributed by atoms with E-state index in [4.69, 9.17) is 4.74 Å². The van der Waals surface area contributed by atoms with Gasteiger partial charge in [0.15, 0.2) is 0 Å². The Morgan fingerprint density at radius 2 is 1.86 bits per heavy atom. The van der Waals surface area contributed by atoms with Crippen LogP contribution >= 0.6 is 0 Å². The van der Waals surface area contributed by atoms with Gasteiger partial charge in [0.2, 0.25) is 0 Å². The number of nitriles is 1. The zero-order valence-electron chi connectivity index (χ0n) is 16.7. The van der Waals surface area contributed by atoms with Crippen LogP contribution in [0.4, 0.5) is 0 Å². The summed E-state index contributed by atoms with van der Waals surface area (Å²) < 4.78 is 7.30. The van der Waals surface area contributed by atoms with Gasteiger partial charge in [0.1, 0.15) is 11.8 Å². The summed E-state index contributed by atoms with van der Waals surface area (Å²) in [6.45, 7) is 4.00. The highest BCUT2D eigenvalue weighted by Crippen LogP contribution is 2.34. The fourth-order valence-corrected chi connectivity index (χ4v) is 3.27. The second kappa shape index (κ2) is 8.18. The largest absolute Gasteiger partial charge is 0.497 e. The molecule has 144 valence electrons. The van der Waals surface area contributed by atoms with E-state index in [2.05, 4.69) is 11.4 Å². The number of aryl methyl sites for hydroxylation is 1. The Morgan fingerprint density at radius 3 is 2.43 bits per heavy atom. The van der Waals surface area contributed by atoms with Gasteiger partial charge in [-0.2, -0.15) is 5.26 Å². The summed E-state index contributed by atoms with van der Waals surface area (Å²) in [6, 6.07) is 15.8. The third-order valence-electron chi connectivity index (χ3n) is 4.85. The molecule has 5 heteroatoms. The maximum Gasteiger partial charge on any atom is 0.251 e. The molecule has 0 aliphatic heterocycles. The van der Waals surface area contributed by atoms with E-state index in [1.165, 1.54) is 0 Å². The summed E-state index contributed by atoms with van der Waals surface area (Å²) in [5, 5.41) is 13.6. The Bertz CT molecular complexity index is 1040. The fourth-order valence-electron chi connectivity index (χ4n) is 3.27. The van der Waals surface area contributed by atoms with Crippen molar-refractivity contribution in [1.82, 2.24) is 9.88 Å². The maximum atomic E-state index is 12.2. The average molecular weight is 375 g/mol. The lowest BCUT2D eigenvalue weighted by Gasteiger charge is -2.08. The van der Waals surface area contributed by atoms with Crippen molar-refractivity contribution in [2.24, 2.45) is 7.05 Å². The van der Waals surface area contributed by atoms with Crippen LogP contribution in [0, 0.1) is 11.3 Å². The molecule has 28 heavy (non-hydrogen) atoms. The van der Waals surface area contributed by atoms with Crippen molar-refractivity contribution in [2.45, 2.75) is 32.7 Å². The number of amides is 1. The third-order valence-corrected chi connectivity index (χ3v) is 4.85. The van der Waals surface area contributed by atoms with Gasteiger partial charge >= 0.3 is 0 Å². The number of fused-ring (bicyclic) bond motifs is 1. The third kappa shape index (κ3) is 3.59. The van der Waals surface area contributed by atoms with Gasteiger partial charge in [-0.05, 0) is 42.7 Å². The summed E-state index contributed by atoms with van der Waals surface area (Å²) in [7, 11) is 3.56. The Balaban J connectivity index is 0.00000109. The van der Waals surface area contributed by atoms with E-state index < -0.39 is 0 Å². The molecule has 0 bridgehead atoms. The SMILES string of the molecule is CC.COc1ccc2c(C#N)c(-c3ccc(C(=O)NC4CC4)cc3)n(C)c2c1. The summed E-state index contributed by atoms with van der Waals surface area (Å²) in [4.78, 5) is 12.2. The second-order valence-electron chi connectivity index (χ2n) is 6.60. The van der Waals surface area contributed by atoms with Crippen LogP contribution in [0.15, 0.2) is 42.5 Å². The highest BCUT2D eigenvalue weighted by molar-refractivity contribution is 5.97. The molecule has 4 rings (SSSR count). The van der Waals surface area contributed by atoms with E-state index >= 15 is 0 Å². The van der Waals surface area contributed by atoms with E-state index in [1.54, 1.807) is 7.11 Å². The average Bonchev–Trinajstić information content (AvgIpc) is 3.52. The molecule has 1 aromatic heterocycles. The smallest absolute Gasteiger partial charge is 0.251 e. The van der Waals surface area contributed by atoms with Crippen molar-refractivity contribution in [2.75, 3.05) is 7.11 Å². The minimum Gasteiger partial charge on any atom is -0.497 e. The molecule has 1 N–H and O–H groups in total. The zero-order chi connectivity index (χ0) is 20.3. The predicted octanol–water partition coefficient (Wildman–Crippen LogP) is 4.64. The molecule has 1 saturated carbocycles. The molecule has 0 radical (unpaired) electrons. The fraction of sp³-hybridized carbons (Fsp3) is 0.304. The van der Waals surface area contributed by atoms with E-state index in [9.17, 15) is 10.1 Å². The van der Waals surface area contributed by atoms with Crippen LogP contribution in [0.3, 0.4) is 0 Å². The molecule has 3 aromatic rings. The number of nitrogens with zero attached hydrogens (tertiary/aromatic N) is 2. The number of carbonyl (C=O) groups is 1. The molecule has 0 spiro atoms. The number of nitrogens with one attached hydrogen (secondary N) is 1. The molecule has 1 aliphatic rings. The quantitative estimate of drug-likeness (QED) is 0.722. The number of benzene rings is 2. The second-order valence-corrected chi connectivity index (χ2v) is 6.60. The molecular formula is C23H25N3O2. The van der Waals surface area contributed by atoms with Crippen LogP contribution in [0.2, 0.25) is 0 Å². The van der Waals surface area contributed by atoms with Gasteiger partial charge in [0.05, 0.1) is 23.9 Å². The summed E-state index contributed by atoms with van der Waals surface area (Å²) >= 11 is 0. The first-order valence-electron chi connectivity index (χ1n) is 9.60. The van der Waals surface area contributed by atoms with Crippen LogP contribution in [-0.4, -0.2) is 23.6 Å². The highest BCUT2D eigenvalue weighted by Gasteiger charge is 2.24. The number of ether oxygens (including phenoxy) is 1. The highest BCUT2D eigenvalue weighted by atomic mass is 16.5. The minimum absolute atomic E-state index is 0.0404. The van der Waals surface area contributed by atoms with Crippen molar-refractivity contribution in [1.29, 1.82) is 5.26 Å². The molecule has 1 aliphatic carbocycles. The number of hydrogen-bond donors (Lipinski definition) is 1. The first-order chi connectivity index (χ1) is 13.6. The van der Waals surface area contributed by atoms with Gasteiger partial charge in [0.25, 0.3) is 5.91 Å². The number of carbonyl (C=O) groups excluding carboxylic acids is 1. The van der Waals surface area contributed by atoms with E-state index in [1.807, 2.05) is 67.9 Å². The zero-order valence-corrected chi connectivity index (χ0v) is 16.7. The first-order valence-corrected chi connectivity index (χ1v) is 9.60. The first kappa shape index (κ1) is 19.5. The maximum absolute atomic E-state index is 12.2. The molecular weight excluding hydrogens is 350 g/mol. The predicted molar refractivity (Wildman–Crippen MR) is 111 cm³/mol. The van der Waals surface area contributed by atoms with Crippen LogP contribution in [0.1, 0.15) is 42.6 Å². The standard InChI is InChI=1S/C21H19N3O2.C2H6/c1-24-19-11-16(26-2)9-10-17(19)18(12-22)20(24)13-3-5-14(6-4-13)21(25)23-15-7-8-15;1-2/h3-6,9-11,15H,7-8H2,1-2H3,(H,23,25);1-2H3. The molecule has 1 amide bonds. The summed E-state index contributed by atoms with van der Waals surface area (Å²) in [5.41, 5.74) is 3.94. The van der Waals surface area contributed by atoms with Crippen LogP contribution in [0.5, 0.6) is 5.75 Å². The number of methoxy groups -OCH3 is 1. The Kier molecular flexibility index (Phi) is 5.70. The molecule has 0 saturated heterocycles. The van der Waals surface area contributed by atoms with Gasteiger partial charge in [-0.25, -0.2) is 0 Å². The molecule has 0 unspecified atom stereocenters. The lowest BCUT2D eigenvalue weighted by molar-refractivity contribution is 0.0951. The van der Waals surface area contributed by atoms with Gasteiger partial charge in [-0.3, -0.25) is 4.79 Å². The van der Waals surface area contributed by atoms with Gasteiger partial charge in [-0.1, -0.05) is 26.0 Å². The van der Waals surface area contributed by atoms with Crippen molar-refractivity contribution >= 4 is 16.8 Å². The minimum atomic E-state index is -0.0404. The molecule has 5 nitrogen and oxygen atoms in total. The van der Waals surface area contributed by atoms with Crippen molar-refractivity contribution < 1.29 is 9.53 Å². The summed E-state index contributed by atoms with van der Waals surface area (Å²) in [5.74, 6) is 0.711. The molecule has 0 atom stereocenters. The number of aromatic nitrogens is 1. The Labute approximate surface area is 165 Å². The lowest BCUT2D eigenvalue weighted by Crippen LogP contribution is -2.25. The van der Waals surface area contributed by atoms with E-state index in [-0.39, 0.29) is 5.91 Å². The van der Waals surface area contributed by atoms with Crippen LogP contribution in [-0.2, 0) is 7.05 Å². The molecule has 1 heterocycles. The van der Waals surface area contributed by atoms with Gasteiger partial charge in [-0.15, -0.1) is 0 Å². The van der Waals surface area contributed by atoms with Crippen molar-refractivity contribution in [3.63, 3.8) is 0 Å². The molecule has 2 aromatic carbocycles. The number of rotatable bonds is 4. The van der Waals surface area contributed by atoms with E-state index in [0.29, 0.717) is 17.2 Å².